The minimum Gasteiger partial charge on any atom is -0.348 e. The van der Waals surface area contributed by atoms with Gasteiger partial charge < -0.3 is 11.1 Å². The molecule has 5 heteroatoms. The van der Waals surface area contributed by atoms with Crippen LogP contribution in [0.1, 0.15) is 23.7 Å². The molecular formula is C9H13BrN2OS. The number of rotatable bonds is 4. The fourth-order valence-corrected chi connectivity index (χ4v) is 2.16. The molecule has 1 unspecified atom stereocenters. The van der Waals surface area contributed by atoms with Crippen molar-refractivity contribution in [1.82, 2.24) is 5.32 Å². The molecule has 78 valence electrons. The lowest BCUT2D eigenvalue weighted by Gasteiger charge is -2.13. The van der Waals surface area contributed by atoms with Gasteiger partial charge in [0.05, 0.1) is 9.35 Å². The molecule has 0 saturated carbocycles. The van der Waals surface area contributed by atoms with Crippen molar-refractivity contribution in [3.05, 3.63) is 20.8 Å². The summed E-state index contributed by atoms with van der Waals surface area (Å²) in [5.74, 6) is -0.0516. The van der Waals surface area contributed by atoms with Gasteiger partial charge in [0.25, 0.3) is 5.91 Å². The Morgan fingerprint density at radius 3 is 2.93 bits per heavy atom. The van der Waals surface area contributed by atoms with E-state index in [1.165, 1.54) is 11.3 Å². The minimum absolute atomic E-state index is 0.0516. The van der Waals surface area contributed by atoms with Crippen molar-refractivity contribution >= 4 is 33.2 Å². The molecule has 3 N–H and O–H groups in total. The molecule has 1 aromatic heterocycles. The number of nitrogens with two attached hydrogens (primary N) is 1. The Kier molecular flexibility index (Phi) is 4.57. The van der Waals surface area contributed by atoms with Crippen LogP contribution in [0.4, 0.5) is 0 Å². The van der Waals surface area contributed by atoms with Crippen LogP contribution in [-0.2, 0) is 0 Å². The summed E-state index contributed by atoms with van der Waals surface area (Å²) in [4.78, 5) is 11.6. The quantitative estimate of drug-likeness (QED) is 0.884. The molecule has 0 radical (unpaired) electrons. The molecule has 0 aliphatic rings. The van der Waals surface area contributed by atoms with Crippen molar-refractivity contribution in [2.75, 3.05) is 6.54 Å². The second-order valence-electron chi connectivity index (χ2n) is 2.95. The van der Waals surface area contributed by atoms with Gasteiger partial charge in [0.1, 0.15) is 0 Å². The molecule has 0 bridgehead atoms. The van der Waals surface area contributed by atoms with Crippen molar-refractivity contribution in [2.45, 2.75) is 19.4 Å². The summed E-state index contributed by atoms with van der Waals surface area (Å²) in [5, 5.41) is 4.69. The van der Waals surface area contributed by atoms with Crippen LogP contribution in [0.25, 0.3) is 0 Å². The third kappa shape index (κ3) is 3.08. The molecule has 1 rings (SSSR count). The van der Waals surface area contributed by atoms with Crippen molar-refractivity contribution in [1.29, 1.82) is 0 Å². The lowest BCUT2D eigenvalue weighted by atomic mass is 10.2. The van der Waals surface area contributed by atoms with E-state index < -0.39 is 0 Å². The molecule has 0 aliphatic carbocycles. The maximum absolute atomic E-state index is 11.6. The van der Waals surface area contributed by atoms with Crippen LogP contribution < -0.4 is 11.1 Å². The topological polar surface area (TPSA) is 55.1 Å². The van der Waals surface area contributed by atoms with E-state index in [0.29, 0.717) is 12.1 Å². The van der Waals surface area contributed by atoms with Gasteiger partial charge in [-0.15, -0.1) is 11.3 Å². The number of hydrogen-bond donors (Lipinski definition) is 2. The smallest absolute Gasteiger partial charge is 0.252 e. The minimum atomic E-state index is -0.0516. The highest BCUT2D eigenvalue weighted by molar-refractivity contribution is 9.11. The molecular weight excluding hydrogens is 264 g/mol. The first-order valence-corrected chi connectivity index (χ1v) is 6.09. The second-order valence-corrected chi connectivity index (χ2v) is 5.24. The molecule has 1 amide bonds. The van der Waals surface area contributed by atoms with Crippen LogP contribution in [-0.4, -0.2) is 18.5 Å². The number of nitrogens with one attached hydrogen (secondary N) is 1. The van der Waals surface area contributed by atoms with E-state index in [1.807, 2.05) is 18.4 Å². The highest BCUT2D eigenvalue weighted by Crippen LogP contribution is 2.20. The maximum Gasteiger partial charge on any atom is 0.252 e. The van der Waals surface area contributed by atoms with E-state index in [9.17, 15) is 4.79 Å². The standard InChI is InChI=1S/C9H13BrN2OS/c1-2-7(4-11)12-9(13)6-3-8(10)14-5-6/h3,5,7H,2,4,11H2,1H3,(H,12,13). The highest BCUT2D eigenvalue weighted by atomic mass is 79.9. The molecule has 0 aromatic carbocycles. The SMILES string of the molecule is CCC(CN)NC(=O)c1csc(Br)c1. The molecule has 0 fully saturated rings. The summed E-state index contributed by atoms with van der Waals surface area (Å²) in [5.41, 5.74) is 6.18. The Morgan fingerprint density at radius 1 is 1.79 bits per heavy atom. The Labute approximate surface area is 95.8 Å². The fourth-order valence-electron chi connectivity index (χ4n) is 1.03. The first-order chi connectivity index (χ1) is 6.67. The van der Waals surface area contributed by atoms with Crippen LogP contribution in [0.15, 0.2) is 15.2 Å². The summed E-state index contributed by atoms with van der Waals surface area (Å²) in [6.07, 6.45) is 0.855. The monoisotopic (exact) mass is 276 g/mol. The van der Waals surface area contributed by atoms with E-state index in [-0.39, 0.29) is 11.9 Å². The Hall–Kier alpha value is -0.390. The second kappa shape index (κ2) is 5.48. The van der Waals surface area contributed by atoms with Crippen LogP contribution >= 0.6 is 27.3 Å². The predicted molar refractivity (Wildman–Crippen MR) is 62.6 cm³/mol. The zero-order chi connectivity index (χ0) is 10.6. The van der Waals surface area contributed by atoms with Crippen molar-refractivity contribution in [3.63, 3.8) is 0 Å². The fraction of sp³-hybridized carbons (Fsp3) is 0.444. The van der Waals surface area contributed by atoms with E-state index in [0.717, 1.165) is 10.2 Å². The van der Waals surface area contributed by atoms with Gasteiger partial charge >= 0.3 is 0 Å². The molecule has 14 heavy (non-hydrogen) atoms. The van der Waals surface area contributed by atoms with Gasteiger partial charge in [0, 0.05) is 18.0 Å². The largest absolute Gasteiger partial charge is 0.348 e. The zero-order valence-electron chi connectivity index (χ0n) is 7.92. The average Bonchev–Trinajstić information content (AvgIpc) is 2.61. The summed E-state index contributed by atoms with van der Waals surface area (Å²) in [6, 6.07) is 1.88. The van der Waals surface area contributed by atoms with Gasteiger partial charge in [0.15, 0.2) is 0 Å². The van der Waals surface area contributed by atoms with Crippen LogP contribution in [0.2, 0.25) is 0 Å². The van der Waals surface area contributed by atoms with E-state index >= 15 is 0 Å². The summed E-state index contributed by atoms with van der Waals surface area (Å²) in [6.45, 7) is 2.48. The number of amides is 1. The first kappa shape index (κ1) is 11.7. The van der Waals surface area contributed by atoms with Crippen LogP contribution in [0.5, 0.6) is 0 Å². The normalized spacial score (nSPS) is 12.5. The Balaban J connectivity index is 2.58. The molecule has 0 aliphatic heterocycles. The first-order valence-electron chi connectivity index (χ1n) is 4.42. The van der Waals surface area contributed by atoms with Crippen LogP contribution in [0, 0.1) is 0 Å². The lowest BCUT2D eigenvalue weighted by molar-refractivity contribution is 0.0937. The molecule has 0 saturated heterocycles. The van der Waals surface area contributed by atoms with E-state index in [2.05, 4.69) is 21.2 Å². The number of carbonyl (C=O) groups is 1. The molecule has 1 atom stereocenters. The van der Waals surface area contributed by atoms with E-state index in [1.54, 1.807) is 0 Å². The summed E-state index contributed by atoms with van der Waals surface area (Å²) < 4.78 is 0.962. The number of carbonyl (C=O) groups excluding carboxylic acids is 1. The van der Waals surface area contributed by atoms with Crippen molar-refractivity contribution in [2.24, 2.45) is 5.73 Å². The number of halogens is 1. The molecule has 3 nitrogen and oxygen atoms in total. The predicted octanol–water partition coefficient (Wildman–Crippen LogP) is 1.98. The van der Waals surface area contributed by atoms with Gasteiger partial charge in [-0.1, -0.05) is 6.92 Å². The molecule has 0 spiro atoms. The third-order valence-electron chi connectivity index (χ3n) is 1.94. The third-order valence-corrected chi connectivity index (χ3v) is 3.45. The van der Waals surface area contributed by atoms with E-state index in [4.69, 9.17) is 5.73 Å². The number of hydrogen-bond acceptors (Lipinski definition) is 3. The zero-order valence-corrected chi connectivity index (χ0v) is 10.3. The molecule has 1 heterocycles. The van der Waals surface area contributed by atoms with Gasteiger partial charge in [-0.3, -0.25) is 4.79 Å². The Morgan fingerprint density at radius 2 is 2.50 bits per heavy atom. The van der Waals surface area contributed by atoms with Gasteiger partial charge in [-0.25, -0.2) is 0 Å². The summed E-state index contributed by atoms with van der Waals surface area (Å²) in [7, 11) is 0. The Bertz CT molecular complexity index is 310. The van der Waals surface area contributed by atoms with Crippen molar-refractivity contribution in [3.8, 4) is 0 Å². The van der Waals surface area contributed by atoms with Gasteiger partial charge in [0.2, 0.25) is 0 Å². The lowest BCUT2D eigenvalue weighted by Crippen LogP contribution is -2.39. The number of thiophene rings is 1. The van der Waals surface area contributed by atoms with Crippen LogP contribution in [0.3, 0.4) is 0 Å². The average molecular weight is 277 g/mol. The maximum atomic E-state index is 11.6. The summed E-state index contributed by atoms with van der Waals surface area (Å²) >= 11 is 4.81. The highest BCUT2D eigenvalue weighted by Gasteiger charge is 2.11. The van der Waals surface area contributed by atoms with Crippen molar-refractivity contribution < 1.29 is 4.79 Å². The van der Waals surface area contributed by atoms with Gasteiger partial charge in [-0.2, -0.15) is 0 Å². The molecule has 1 aromatic rings. The van der Waals surface area contributed by atoms with Gasteiger partial charge in [-0.05, 0) is 28.4 Å².